The molecule has 3 heterocycles. The first-order valence-corrected chi connectivity index (χ1v) is 12.2. The molecular formula is C26H31N5OS. The number of aryl methyl sites for hydroxylation is 2. The highest BCUT2D eigenvalue weighted by atomic mass is 32.1. The van der Waals surface area contributed by atoms with Crippen molar-refractivity contribution in [2.45, 2.75) is 33.2 Å². The summed E-state index contributed by atoms with van der Waals surface area (Å²) in [5, 5.41) is 7.58. The molecule has 0 bridgehead atoms. The Bertz CT molecular complexity index is 1100. The fraction of sp³-hybridized carbons (Fsp3) is 0.346. The Balaban J connectivity index is 1.45. The largest absolute Gasteiger partial charge is 0.348 e. The number of amides is 1. The third-order valence-corrected chi connectivity index (χ3v) is 7.11. The monoisotopic (exact) mass is 461 g/mol. The van der Waals surface area contributed by atoms with Crippen LogP contribution < -0.4 is 15.5 Å². The minimum atomic E-state index is 0.0188. The molecular weight excluding hydrogens is 430 g/mol. The van der Waals surface area contributed by atoms with Crippen molar-refractivity contribution in [2.75, 3.05) is 25.0 Å². The number of benzene rings is 1. The fourth-order valence-corrected chi connectivity index (χ4v) is 5.04. The average molecular weight is 462 g/mol. The number of thiazole rings is 1. The van der Waals surface area contributed by atoms with Crippen LogP contribution >= 0.6 is 11.3 Å². The summed E-state index contributed by atoms with van der Waals surface area (Å²) in [6, 6.07) is 12.3. The number of hydrogen-bond donors (Lipinski definition) is 2. The molecule has 7 heteroatoms. The number of aromatic nitrogens is 2. The lowest BCUT2D eigenvalue weighted by atomic mass is 9.88. The van der Waals surface area contributed by atoms with Crippen LogP contribution in [0.25, 0.3) is 6.08 Å². The molecule has 2 N–H and O–H groups in total. The summed E-state index contributed by atoms with van der Waals surface area (Å²) in [5.41, 5.74) is 5.10. The highest BCUT2D eigenvalue weighted by Gasteiger charge is 2.23. The van der Waals surface area contributed by atoms with Gasteiger partial charge in [-0.25, -0.2) is 4.98 Å². The van der Waals surface area contributed by atoms with Crippen LogP contribution in [0.5, 0.6) is 0 Å². The quantitative estimate of drug-likeness (QED) is 0.503. The number of anilines is 2. The zero-order chi connectivity index (χ0) is 23.2. The Labute approximate surface area is 199 Å². The van der Waals surface area contributed by atoms with Gasteiger partial charge in [0.2, 0.25) is 5.91 Å². The predicted octanol–water partition coefficient (Wildman–Crippen LogP) is 4.62. The molecule has 4 rings (SSSR count). The van der Waals surface area contributed by atoms with Gasteiger partial charge in [-0.15, -0.1) is 11.3 Å². The molecule has 33 heavy (non-hydrogen) atoms. The standard InChI is InChI=1S/C26H31N5OS/c1-18-25(33-19(2)30-18)16-24(21-8-12-27-13-9-21)26(32)29-17-20-4-6-22(7-5-20)31(3)23-10-14-28-15-11-23/h4-7,10-11,14-16,21,27H,8-9,12-13,17H2,1-3H3,(H,29,32). The number of nitrogens with zero attached hydrogens (tertiary/aromatic N) is 3. The van der Waals surface area contributed by atoms with E-state index in [-0.39, 0.29) is 11.8 Å². The zero-order valence-corrected chi connectivity index (χ0v) is 20.3. The average Bonchev–Trinajstić information content (AvgIpc) is 3.18. The van der Waals surface area contributed by atoms with Crippen molar-refractivity contribution in [3.63, 3.8) is 0 Å². The molecule has 2 aromatic heterocycles. The molecule has 0 atom stereocenters. The number of pyridine rings is 1. The molecule has 0 radical (unpaired) electrons. The minimum Gasteiger partial charge on any atom is -0.348 e. The van der Waals surface area contributed by atoms with E-state index in [1.54, 1.807) is 23.7 Å². The van der Waals surface area contributed by atoms with E-state index < -0.39 is 0 Å². The Hall–Kier alpha value is -3.03. The summed E-state index contributed by atoms with van der Waals surface area (Å²) in [4.78, 5) is 25.1. The summed E-state index contributed by atoms with van der Waals surface area (Å²) in [6.45, 7) is 6.42. The van der Waals surface area contributed by atoms with E-state index >= 15 is 0 Å². The highest BCUT2D eigenvalue weighted by Crippen LogP contribution is 2.28. The summed E-state index contributed by atoms with van der Waals surface area (Å²) in [7, 11) is 2.03. The summed E-state index contributed by atoms with van der Waals surface area (Å²) in [6.07, 6.45) is 7.60. The van der Waals surface area contributed by atoms with E-state index in [1.807, 2.05) is 33.0 Å². The normalized spacial score (nSPS) is 14.8. The van der Waals surface area contributed by atoms with Crippen LogP contribution in [0.4, 0.5) is 11.4 Å². The van der Waals surface area contributed by atoms with Gasteiger partial charge in [-0.1, -0.05) is 12.1 Å². The van der Waals surface area contributed by atoms with E-state index in [0.29, 0.717) is 6.54 Å². The van der Waals surface area contributed by atoms with Crippen molar-refractivity contribution in [3.05, 3.63) is 75.5 Å². The lowest BCUT2D eigenvalue weighted by Crippen LogP contribution is -2.34. The summed E-state index contributed by atoms with van der Waals surface area (Å²) < 4.78 is 0. The van der Waals surface area contributed by atoms with E-state index in [4.69, 9.17) is 0 Å². The zero-order valence-electron chi connectivity index (χ0n) is 19.5. The van der Waals surface area contributed by atoms with Crippen LogP contribution in [-0.4, -0.2) is 36.0 Å². The molecule has 1 fully saturated rings. The van der Waals surface area contributed by atoms with E-state index in [1.165, 1.54) is 0 Å². The fourth-order valence-electron chi connectivity index (χ4n) is 4.16. The lowest BCUT2D eigenvalue weighted by Gasteiger charge is -2.25. The number of nitrogens with one attached hydrogen (secondary N) is 2. The van der Waals surface area contributed by atoms with E-state index in [2.05, 4.69) is 55.8 Å². The first kappa shape index (κ1) is 23.1. The van der Waals surface area contributed by atoms with Gasteiger partial charge in [0.25, 0.3) is 0 Å². The van der Waals surface area contributed by atoms with Crippen LogP contribution in [0.2, 0.25) is 0 Å². The molecule has 1 aromatic carbocycles. The molecule has 3 aromatic rings. The molecule has 0 unspecified atom stereocenters. The maximum atomic E-state index is 13.3. The molecule has 6 nitrogen and oxygen atoms in total. The van der Waals surface area contributed by atoms with Gasteiger partial charge in [-0.2, -0.15) is 0 Å². The predicted molar refractivity (Wildman–Crippen MR) is 136 cm³/mol. The van der Waals surface area contributed by atoms with Crippen LogP contribution in [0.1, 0.15) is 34.0 Å². The first-order valence-electron chi connectivity index (χ1n) is 11.4. The minimum absolute atomic E-state index is 0.0188. The lowest BCUT2D eigenvalue weighted by molar-refractivity contribution is -0.118. The molecule has 1 amide bonds. The van der Waals surface area contributed by atoms with Crippen LogP contribution in [0.15, 0.2) is 54.4 Å². The molecule has 1 aliphatic heterocycles. The molecule has 0 aliphatic carbocycles. The van der Waals surface area contributed by atoms with E-state index in [9.17, 15) is 4.79 Å². The molecule has 0 saturated carbocycles. The molecule has 1 aliphatic rings. The Kier molecular flexibility index (Phi) is 7.52. The SMILES string of the molecule is Cc1nc(C)c(C=C(C(=O)NCc2ccc(N(C)c3ccncc3)cc2)C2CCNCC2)s1. The van der Waals surface area contributed by atoms with Crippen LogP contribution in [0, 0.1) is 19.8 Å². The van der Waals surface area contributed by atoms with Gasteiger partial charge < -0.3 is 15.5 Å². The van der Waals surface area contributed by atoms with Crippen molar-refractivity contribution in [1.82, 2.24) is 20.6 Å². The van der Waals surface area contributed by atoms with Crippen molar-refractivity contribution >= 4 is 34.7 Å². The summed E-state index contributed by atoms with van der Waals surface area (Å²) in [5.74, 6) is 0.287. The Morgan fingerprint density at radius 2 is 1.79 bits per heavy atom. The van der Waals surface area contributed by atoms with Crippen LogP contribution in [0.3, 0.4) is 0 Å². The van der Waals surface area contributed by atoms with Crippen molar-refractivity contribution in [2.24, 2.45) is 5.92 Å². The second kappa shape index (κ2) is 10.7. The number of carbonyl (C=O) groups excluding carboxylic acids is 1. The molecule has 1 saturated heterocycles. The van der Waals surface area contributed by atoms with Gasteiger partial charge in [-0.3, -0.25) is 9.78 Å². The third-order valence-electron chi connectivity index (χ3n) is 6.09. The van der Waals surface area contributed by atoms with Crippen molar-refractivity contribution < 1.29 is 4.79 Å². The van der Waals surface area contributed by atoms with Gasteiger partial charge in [0.15, 0.2) is 0 Å². The number of hydrogen-bond acceptors (Lipinski definition) is 6. The third kappa shape index (κ3) is 5.86. The second-order valence-corrected chi connectivity index (χ2v) is 9.65. The van der Waals surface area contributed by atoms with Crippen molar-refractivity contribution in [3.8, 4) is 0 Å². The molecule has 172 valence electrons. The first-order chi connectivity index (χ1) is 16.0. The van der Waals surface area contributed by atoms with Gasteiger partial charge in [0.1, 0.15) is 0 Å². The Morgan fingerprint density at radius 3 is 2.42 bits per heavy atom. The van der Waals surface area contributed by atoms with Gasteiger partial charge in [0, 0.05) is 42.9 Å². The maximum absolute atomic E-state index is 13.3. The number of rotatable bonds is 7. The van der Waals surface area contributed by atoms with Gasteiger partial charge >= 0.3 is 0 Å². The highest BCUT2D eigenvalue weighted by molar-refractivity contribution is 7.12. The van der Waals surface area contributed by atoms with Crippen molar-refractivity contribution in [1.29, 1.82) is 0 Å². The van der Waals surface area contributed by atoms with Gasteiger partial charge in [-0.05, 0) is 81.6 Å². The van der Waals surface area contributed by atoms with Crippen LogP contribution in [-0.2, 0) is 11.3 Å². The van der Waals surface area contributed by atoms with Gasteiger partial charge in [0.05, 0.1) is 15.6 Å². The summed E-state index contributed by atoms with van der Waals surface area (Å²) >= 11 is 1.65. The Morgan fingerprint density at radius 1 is 1.12 bits per heavy atom. The van der Waals surface area contributed by atoms with E-state index in [0.717, 1.165) is 64.0 Å². The maximum Gasteiger partial charge on any atom is 0.247 e. The topological polar surface area (TPSA) is 70.2 Å². The molecule has 0 spiro atoms. The number of piperidine rings is 1. The number of carbonyl (C=O) groups is 1. The second-order valence-electron chi connectivity index (χ2n) is 8.42. The smallest absolute Gasteiger partial charge is 0.247 e.